The van der Waals surface area contributed by atoms with Crippen LogP contribution in [-0.4, -0.2) is 49.5 Å². The van der Waals surface area contributed by atoms with Crippen molar-refractivity contribution in [3.05, 3.63) is 55.3 Å². The zero-order chi connectivity index (χ0) is 23.0. The van der Waals surface area contributed by atoms with E-state index in [0.717, 1.165) is 25.7 Å². The molecule has 1 fully saturated rings. The number of hydrogen-bond donors (Lipinski definition) is 1. The predicted octanol–water partition coefficient (Wildman–Crippen LogP) is 0.218. The average Bonchev–Trinajstić information content (AvgIpc) is 3.39. The Morgan fingerprint density at radius 2 is 1.84 bits per heavy atom. The van der Waals surface area contributed by atoms with Gasteiger partial charge in [-0.2, -0.15) is 4.31 Å². The summed E-state index contributed by atoms with van der Waals surface area (Å²) in [7, 11) is -2.06. The smallest absolute Gasteiger partial charge is 0.324 e. The van der Waals surface area contributed by atoms with Crippen molar-refractivity contribution in [2.75, 3.05) is 13.1 Å². The number of nitrogens with one attached hydrogen (secondary N) is 1. The van der Waals surface area contributed by atoms with Crippen molar-refractivity contribution in [3.63, 3.8) is 0 Å². The van der Waals surface area contributed by atoms with E-state index in [2.05, 4.69) is 9.97 Å². The normalized spacial score (nSPS) is 15.1. The quantitative estimate of drug-likeness (QED) is 0.534. The molecule has 172 valence electrons. The van der Waals surface area contributed by atoms with Crippen LogP contribution in [0, 0.1) is 0 Å². The lowest BCUT2D eigenvalue weighted by molar-refractivity contribution is 0.476. The van der Waals surface area contributed by atoms with Crippen molar-refractivity contribution in [2.45, 2.75) is 50.6 Å². The van der Waals surface area contributed by atoms with Gasteiger partial charge in [0.05, 0.1) is 11.4 Å². The minimum atomic E-state index is -3.69. The number of aromatic amines is 1. The first-order valence-corrected chi connectivity index (χ1v) is 12.1. The summed E-state index contributed by atoms with van der Waals surface area (Å²) in [6.07, 6.45) is 4.53. The molecule has 1 aliphatic rings. The molecular weight excluding hydrogens is 436 g/mol. The van der Waals surface area contributed by atoms with Crippen LogP contribution in [0.25, 0.3) is 11.2 Å². The summed E-state index contributed by atoms with van der Waals surface area (Å²) in [5.74, 6) is 0.360. The molecule has 12 heteroatoms. The number of fused-ring (bicyclic) bond motifs is 1. The molecule has 32 heavy (non-hydrogen) atoms. The zero-order valence-electron chi connectivity index (χ0n) is 18.1. The molecule has 3 aromatic rings. The Hall–Kier alpha value is -2.99. The van der Waals surface area contributed by atoms with E-state index < -0.39 is 26.8 Å². The maximum atomic E-state index is 12.9. The number of nitrogens with zero attached hydrogens (tertiary/aromatic N) is 5. The lowest BCUT2D eigenvalue weighted by Gasteiger charge is -2.16. The summed E-state index contributed by atoms with van der Waals surface area (Å²) < 4.78 is 31.4. The van der Waals surface area contributed by atoms with E-state index in [0.29, 0.717) is 25.5 Å². The second-order valence-corrected chi connectivity index (χ2v) is 9.90. The van der Waals surface area contributed by atoms with E-state index in [4.69, 9.17) is 0 Å². The number of imidazole rings is 1. The topological polar surface area (TPSA) is 132 Å². The molecule has 11 nitrogen and oxygen atoms in total. The third-order valence-corrected chi connectivity index (χ3v) is 7.69. The lowest BCUT2D eigenvalue weighted by Crippen LogP contribution is -2.31. The van der Waals surface area contributed by atoms with Gasteiger partial charge in [0.2, 0.25) is 10.0 Å². The highest BCUT2D eigenvalue weighted by molar-refractivity contribution is 7.89. The molecule has 4 heterocycles. The number of pyridine rings is 1. The lowest BCUT2D eigenvalue weighted by atomic mass is 10.3. The summed E-state index contributed by atoms with van der Waals surface area (Å²) in [6.45, 7) is 3.28. The van der Waals surface area contributed by atoms with Gasteiger partial charge >= 0.3 is 5.69 Å². The molecule has 4 rings (SSSR count). The first-order valence-electron chi connectivity index (χ1n) is 10.6. The molecule has 0 aliphatic carbocycles. The number of unbranched alkanes of at least 4 members (excludes halogenated alkanes) is 1. The van der Waals surface area contributed by atoms with Crippen LogP contribution in [0.1, 0.15) is 38.4 Å². The maximum Gasteiger partial charge on any atom is 0.330 e. The van der Waals surface area contributed by atoms with Crippen LogP contribution < -0.4 is 16.8 Å². The Kier molecular flexibility index (Phi) is 5.91. The number of aryl methyl sites for hydroxylation is 2. The molecule has 0 spiro atoms. The Morgan fingerprint density at radius 3 is 2.53 bits per heavy atom. The average molecular weight is 463 g/mol. The Labute approximate surface area is 184 Å². The van der Waals surface area contributed by atoms with Gasteiger partial charge in [-0.3, -0.25) is 19.1 Å². The first kappa shape index (κ1) is 22.2. The fourth-order valence-corrected chi connectivity index (χ4v) is 5.51. The van der Waals surface area contributed by atoms with Crippen molar-refractivity contribution in [3.8, 4) is 0 Å². The molecule has 0 atom stereocenters. The van der Waals surface area contributed by atoms with E-state index in [1.54, 1.807) is 7.05 Å². The van der Waals surface area contributed by atoms with E-state index in [-0.39, 0.29) is 22.6 Å². The monoisotopic (exact) mass is 462 g/mol. The molecule has 0 saturated carbocycles. The van der Waals surface area contributed by atoms with Crippen LogP contribution in [0.3, 0.4) is 0 Å². The minimum absolute atomic E-state index is 0.0375. The van der Waals surface area contributed by atoms with Crippen LogP contribution in [0.5, 0.6) is 0 Å². The van der Waals surface area contributed by atoms with Crippen molar-refractivity contribution >= 4 is 21.2 Å². The van der Waals surface area contributed by atoms with Gasteiger partial charge < -0.3 is 9.13 Å². The third kappa shape index (κ3) is 3.84. The molecule has 0 unspecified atom stereocenters. The SMILES string of the molecule is CCCCn1c(=O)[nH]c(=O)c2c1nc(Cn1cc(S(=O)(=O)N3CCCC3)ccc1=O)n2C. The molecule has 1 aliphatic heterocycles. The van der Waals surface area contributed by atoms with E-state index in [1.807, 2.05) is 6.92 Å². The molecule has 1 saturated heterocycles. The van der Waals surface area contributed by atoms with Gasteiger partial charge in [-0.15, -0.1) is 0 Å². The van der Waals surface area contributed by atoms with Gasteiger partial charge in [-0.05, 0) is 25.3 Å². The number of hydrogen-bond acceptors (Lipinski definition) is 6. The molecule has 3 aromatic heterocycles. The number of sulfonamides is 1. The van der Waals surface area contributed by atoms with Crippen molar-refractivity contribution in [1.82, 2.24) is 28.0 Å². The molecule has 0 aromatic carbocycles. The second kappa shape index (κ2) is 8.51. The van der Waals surface area contributed by atoms with Gasteiger partial charge in [0.1, 0.15) is 5.82 Å². The standard InChI is InChI=1S/C20H26N6O5S/c1-3-4-11-26-18-17(19(28)22-20(26)29)23(2)15(21-18)13-24-12-14(7-8-16(24)27)32(30,31)25-9-5-6-10-25/h7-8,12H,3-6,9-11,13H2,1-2H3,(H,22,28,29). The number of aromatic nitrogens is 5. The molecule has 0 amide bonds. The fourth-order valence-electron chi connectivity index (χ4n) is 3.97. The van der Waals surface area contributed by atoms with Crippen molar-refractivity contribution in [2.24, 2.45) is 7.05 Å². The number of rotatable bonds is 7. The van der Waals surface area contributed by atoms with Crippen LogP contribution in [0.4, 0.5) is 0 Å². The summed E-state index contributed by atoms with van der Waals surface area (Å²) in [5, 5.41) is 0. The van der Waals surface area contributed by atoms with Crippen LogP contribution in [-0.2, 0) is 30.2 Å². The zero-order valence-corrected chi connectivity index (χ0v) is 18.9. The molecule has 1 N–H and O–H groups in total. The molecule has 0 radical (unpaired) electrons. The maximum absolute atomic E-state index is 12.9. The minimum Gasteiger partial charge on any atom is -0.324 e. The first-order chi connectivity index (χ1) is 15.2. The largest absolute Gasteiger partial charge is 0.330 e. The van der Waals surface area contributed by atoms with E-state index in [1.165, 1.54) is 36.3 Å². The summed E-state index contributed by atoms with van der Waals surface area (Å²) in [4.78, 5) is 44.0. The summed E-state index contributed by atoms with van der Waals surface area (Å²) >= 11 is 0. The Bertz CT molecular complexity index is 1440. The number of H-pyrrole nitrogens is 1. The highest BCUT2D eigenvalue weighted by Gasteiger charge is 2.28. The predicted molar refractivity (Wildman–Crippen MR) is 118 cm³/mol. The Balaban J connectivity index is 1.78. The molecule has 0 bridgehead atoms. The van der Waals surface area contributed by atoms with Crippen LogP contribution in [0.15, 0.2) is 37.6 Å². The van der Waals surface area contributed by atoms with Crippen LogP contribution >= 0.6 is 0 Å². The van der Waals surface area contributed by atoms with E-state index in [9.17, 15) is 22.8 Å². The highest BCUT2D eigenvalue weighted by atomic mass is 32.2. The van der Waals surface area contributed by atoms with Gasteiger partial charge in [0.25, 0.3) is 11.1 Å². The van der Waals surface area contributed by atoms with Crippen LogP contribution in [0.2, 0.25) is 0 Å². The van der Waals surface area contributed by atoms with Gasteiger partial charge in [-0.1, -0.05) is 13.3 Å². The second-order valence-electron chi connectivity index (χ2n) is 7.97. The van der Waals surface area contributed by atoms with Gasteiger partial charge in [0.15, 0.2) is 11.2 Å². The van der Waals surface area contributed by atoms with Crippen molar-refractivity contribution < 1.29 is 8.42 Å². The van der Waals surface area contributed by atoms with Gasteiger partial charge in [-0.25, -0.2) is 18.2 Å². The highest BCUT2D eigenvalue weighted by Crippen LogP contribution is 2.20. The van der Waals surface area contributed by atoms with Gasteiger partial charge in [0, 0.05) is 38.9 Å². The molecular formula is C20H26N6O5S. The summed E-state index contributed by atoms with van der Waals surface area (Å²) in [6, 6.07) is 2.53. The third-order valence-electron chi connectivity index (χ3n) is 5.81. The van der Waals surface area contributed by atoms with Crippen molar-refractivity contribution in [1.29, 1.82) is 0 Å². The Morgan fingerprint density at radius 1 is 1.12 bits per heavy atom. The fraction of sp³-hybridized carbons (Fsp3) is 0.500. The van der Waals surface area contributed by atoms with E-state index >= 15 is 0 Å². The summed E-state index contributed by atoms with van der Waals surface area (Å²) in [5.41, 5.74) is -1.01.